The van der Waals surface area contributed by atoms with E-state index in [-0.39, 0.29) is 18.8 Å². The molecule has 0 aromatic carbocycles. The molecule has 0 saturated heterocycles. The Morgan fingerprint density at radius 3 is 3.07 bits per heavy atom. The van der Waals surface area contributed by atoms with E-state index in [2.05, 4.69) is 4.98 Å². The molecule has 2 aromatic heterocycles. The molecule has 0 bridgehead atoms. The van der Waals surface area contributed by atoms with E-state index >= 15 is 0 Å². The van der Waals surface area contributed by atoms with Crippen LogP contribution in [0.5, 0.6) is 0 Å². The molecule has 0 aliphatic carbocycles. The van der Waals surface area contributed by atoms with Gasteiger partial charge in [0.1, 0.15) is 0 Å². The second-order valence-electron chi connectivity index (χ2n) is 2.72. The van der Waals surface area contributed by atoms with Crippen LogP contribution in [0.15, 0.2) is 17.8 Å². The summed E-state index contributed by atoms with van der Waals surface area (Å²) in [5, 5.41) is 10.4. The molecule has 76 valence electrons. The first kappa shape index (κ1) is 11.0. The third-order valence-electron chi connectivity index (χ3n) is 1.74. The van der Waals surface area contributed by atoms with Crippen molar-refractivity contribution in [3.05, 3.63) is 23.5 Å². The van der Waals surface area contributed by atoms with Crippen LogP contribution in [0.1, 0.15) is 12.1 Å². The van der Waals surface area contributed by atoms with E-state index in [1.807, 2.05) is 22.2 Å². The summed E-state index contributed by atoms with van der Waals surface area (Å²) in [7, 11) is 0. The Kier molecular flexibility index (Phi) is 3.49. The van der Waals surface area contributed by atoms with Crippen LogP contribution in [0.4, 0.5) is 0 Å². The molecule has 0 unspecified atom stereocenters. The van der Waals surface area contributed by atoms with Crippen LogP contribution in [-0.4, -0.2) is 20.5 Å². The molecular weight excluding hydrogens is 224 g/mol. The number of aryl methyl sites for hydroxylation is 1. The normalized spacial score (nSPS) is 10.0. The van der Waals surface area contributed by atoms with Gasteiger partial charge in [0, 0.05) is 24.2 Å². The van der Waals surface area contributed by atoms with E-state index in [1.165, 1.54) is 0 Å². The molecule has 4 nitrogen and oxygen atoms in total. The van der Waals surface area contributed by atoms with Crippen molar-refractivity contribution in [2.45, 2.75) is 12.8 Å². The first-order valence-corrected chi connectivity index (χ1v) is 4.76. The van der Waals surface area contributed by atoms with Gasteiger partial charge in [-0.05, 0) is 0 Å². The van der Waals surface area contributed by atoms with Gasteiger partial charge in [0.05, 0.1) is 12.1 Å². The van der Waals surface area contributed by atoms with Crippen LogP contribution in [0, 0.1) is 0 Å². The van der Waals surface area contributed by atoms with E-state index in [0.29, 0.717) is 6.42 Å². The molecule has 2 rings (SSSR count). The summed E-state index contributed by atoms with van der Waals surface area (Å²) < 4.78 is 1.90. The lowest BCUT2D eigenvalue weighted by Crippen LogP contribution is -1.97. The van der Waals surface area contributed by atoms with Gasteiger partial charge in [0.15, 0.2) is 4.96 Å². The van der Waals surface area contributed by atoms with Gasteiger partial charge in [-0.1, -0.05) is 0 Å². The van der Waals surface area contributed by atoms with Crippen LogP contribution in [0.2, 0.25) is 0 Å². The van der Waals surface area contributed by atoms with Crippen molar-refractivity contribution in [1.82, 2.24) is 9.38 Å². The number of hydrogen-bond acceptors (Lipinski definition) is 3. The number of halogens is 1. The molecule has 2 aromatic rings. The first-order chi connectivity index (χ1) is 6.25. The molecule has 6 heteroatoms. The molecule has 0 spiro atoms. The average molecular weight is 233 g/mol. The number of nitrogens with zero attached hydrogens (tertiary/aromatic N) is 2. The van der Waals surface area contributed by atoms with Crippen LogP contribution in [0.25, 0.3) is 4.96 Å². The number of rotatable bonds is 3. The molecule has 0 fully saturated rings. The van der Waals surface area contributed by atoms with Gasteiger partial charge in [0.2, 0.25) is 0 Å². The number of imidazole rings is 1. The molecular formula is C8H9ClN2O2S. The highest BCUT2D eigenvalue weighted by Crippen LogP contribution is 2.12. The fourth-order valence-corrected chi connectivity index (χ4v) is 1.85. The summed E-state index contributed by atoms with van der Waals surface area (Å²) >= 11 is 1.55. The second kappa shape index (κ2) is 4.43. The monoisotopic (exact) mass is 232 g/mol. The highest BCUT2D eigenvalue weighted by Gasteiger charge is 2.04. The standard InChI is InChI=1S/C8H8N2O2S.ClH/c11-7(12)2-1-6-5-10-3-4-13-8(10)9-6;/h3-5H,1-2H2,(H,11,12);1H. The first-order valence-electron chi connectivity index (χ1n) is 3.88. The third kappa shape index (κ3) is 2.24. The molecule has 0 aliphatic heterocycles. The Morgan fingerprint density at radius 1 is 1.64 bits per heavy atom. The van der Waals surface area contributed by atoms with Crippen molar-refractivity contribution in [3.63, 3.8) is 0 Å². The second-order valence-corrected chi connectivity index (χ2v) is 3.59. The quantitative estimate of drug-likeness (QED) is 0.879. The zero-order valence-electron chi connectivity index (χ0n) is 7.21. The zero-order valence-corrected chi connectivity index (χ0v) is 8.85. The number of carbonyl (C=O) groups is 1. The summed E-state index contributed by atoms with van der Waals surface area (Å²) in [6.45, 7) is 0. The average Bonchev–Trinajstić information content (AvgIpc) is 2.58. The maximum Gasteiger partial charge on any atom is 0.303 e. The van der Waals surface area contributed by atoms with Crippen molar-refractivity contribution in [2.75, 3.05) is 0 Å². The summed E-state index contributed by atoms with van der Waals surface area (Å²) in [4.78, 5) is 15.5. The van der Waals surface area contributed by atoms with E-state index in [9.17, 15) is 4.79 Å². The van der Waals surface area contributed by atoms with E-state index < -0.39 is 5.97 Å². The largest absolute Gasteiger partial charge is 0.481 e. The van der Waals surface area contributed by atoms with Crippen molar-refractivity contribution < 1.29 is 9.90 Å². The minimum atomic E-state index is -0.781. The number of hydrogen-bond donors (Lipinski definition) is 1. The fraction of sp³-hybridized carbons (Fsp3) is 0.250. The van der Waals surface area contributed by atoms with Crippen molar-refractivity contribution in [2.24, 2.45) is 0 Å². The SMILES string of the molecule is Cl.O=C(O)CCc1cn2ccsc2n1. The smallest absolute Gasteiger partial charge is 0.303 e. The number of thiazole rings is 1. The predicted octanol–water partition coefficient (Wildman–Crippen LogP) is 1.83. The molecule has 2 heterocycles. The Hall–Kier alpha value is -1.07. The highest BCUT2D eigenvalue weighted by molar-refractivity contribution is 7.15. The lowest BCUT2D eigenvalue weighted by molar-refractivity contribution is -0.136. The molecule has 0 radical (unpaired) electrons. The number of aromatic nitrogens is 2. The Bertz CT molecular complexity index is 409. The number of carboxylic acid groups (broad SMARTS) is 1. The van der Waals surface area contributed by atoms with Crippen LogP contribution >= 0.6 is 23.7 Å². The van der Waals surface area contributed by atoms with Gasteiger partial charge >= 0.3 is 5.97 Å². The number of aliphatic carboxylic acids is 1. The van der Waals surface area contributed by atoms with Gasteiger partial charge in [-0.2, -0.15) is 0 Å². The lowest BCUT2D eigenvalue weighted by Gasteiger charge is -1.89. The van der Waals surface area contributed by atoms with Gasteiger partial charge in [-0.15, -0.1) is 23.7 Å². The molecule has 0 amide bonds. The third-order valence-corrected chi connectivity index (χ3v) is 2.51. The van der Waals surface area contributed by atoms with Crippen molar-refractivity contribution >= 4 is 34.7 Å². The topological polar surface area (TPSA) is 54.6 Å². The van der Waals surface area contributed by atoms with Gasteiger partial charge in [0.25, 0.3) is 0 Å². The Balaban J connectivity index is 0.000000980. The summed E-state index contributed by atoms with van der Waals surface area (Å²) in [5.74, 6) is -0.781. The van der Waals surface area contributed by atoms with Crippen molar-refractivity contribution in [1.29, 1.82) is 0 Å². The molecule has 14 heavy (non-hydrogen) atoms. The van der Waals surface area contributed by atoms with Crippen LogP contribution < -0.4 is 0 Å². The minimum Gasteiger partial charge on any atom is -0.481 e. The van der Waals surface area contributed by atoms with Gasteiger partial charge < -0.3 is 5.11 Å². The maximum absolute atomic E-state index is 10.3. The molecule has 0 aliphatic rings. The van der Waals surface area contributed by atoms with E-state index in [0.717, 1.165) is 10.7 Å². The number of fused-ring (bicyclic) bond motifs is 1. The lowest BCUT2D eigenvalue weighted by atomic mass is 10.2. The van der Waals surface area contributed by atoms with Crippen LogP contribution in [-0.2, 0) is 11.2 Å². The van der Waals surface area contributed by atoms with Crippen molar-refractivity contribution in [3.8, 4) is 0 Å². The summed E-state index contributed by atoms with van der Waals surface area (Å²) in [6, 6.07) is 0. The van der Waals surface area contributed by atoms with E-state index in [1.54, 1.807) is 11.3 Å². The highest BCUT2D eigenvalue weighted by atomic mass is 35.5. The molecule has 1 N–H and O–H groups in total. The number of carboxylic acids is 1. The minimum absolute atomic E-state index is 0. The molecule has 0 atom stereocenters. The Morgan fingerprint density at radius 2 is 2.43 bits per heavy atom. The van der Waals surface area contributed by atoms with Gasteiger partial charge in [-0.3, -0.25) is 9.20 Å². The fourth-order valence-electron chi connectivity index (χ4n) is 1.13. The summed E-state index contributed by atoms with van der Waals surface area (Å²) in [5.41, 5.74) is 0.842. The van der Waals surface area contributed by atoms with Crippen LogP contribution in [0.3, 0.4) is 0 Å². The Labute approximate surface area is 90.6 Å². The maximum atomic E-state index is 10.3. The van der Waals surface area contributed by atoms with E-state index in [4.69, 9.17) is 5.11 Å². The summed E-state index contributed by atoms with van der Waals surface area (Å²) in [6.07, 6.45) is 4.43. The molecule has 0 saturated carbocycles. The zero-order chi connectivity index (χ0) is 9.26. The predicted molar refractivity (Wildman–Crippen MR) is 56.3 cm³/mol. The van der Waals surface area contributed by atoms with Gasteiger partial charge in [-0.25, -0.2) is 4.98 Å².